The Bertz CT molecular complexity index is 305. The van der Waals surface area contributed by atoms with Gasteiger partial charge in [-0.2, -0.15) is 0 Å². The topological polar surface area (TPSA) is 40.5 Å². The molecule has 2 nitrogen and oxygen atoms in total. The number of hydrogen-bond acceptors (Lipinski definition) is 2. The van der Waals surface area contributed by atoms with Gasteiger partial charge >= 0.3 is 0 Å². The Labute approximate surface area is 84.5 Å². The van der Waals surface area contributed by atoms with E-state index in [0.29, 0.717) is 6.42 Å². The second-order valence-corrected chi connectivity index (χ2v) is 3.22. The molecule has 0 amide bonds. The molecule has 1 aromatic carbocycles. The summed E-state index contributed by atoms with van der Waals surface area (Å²) in [5, 5.41) is 18.6. The van der Waals surface area contributed by atoms with Gasteiger partial charge in [-0.3, -0.25) is 0 Å². The second kappa shape index (κ2) is 5.58. The van der Waals surface area contributed by atoms with Crippen LogP contribution in [0.3, 0.4) is 0 Å². The van der Waals surface area contributed by atoms with Crippen LogP contribution in [0.5, 0.6) is 0 Å². The average Bonchev–Trinajstić information content (AvgIpc) is 2.19. The van der Waals surface area contributed by atoms with Gasteiger partial charge in [-0.1, -0.05) is 36.4 Å². The van der Waals surface area contributed by atoms with Crippen molar-refractivity contribution in [3.8, 4) is 0 Å². The number of allylic oxidation sites excluding steroid dienone is 1. The van der Waals surface area contributed by atoms with Crippen molar-refractivity contribution in [2.45, 2.75) is 26.1 Å². The molecule has 1 rings (SSSR count). The zero-order valence-electron chi connectivity index (χ0n) is 8.35. The van der Waals surface area contributed by atoms with Crippen LogP contribution in [0.2, 0.25) is 0 Å². The molecule has 1 aromatic rings. The summed E-state index contributed by atoms with van der Waals surface area (Å²) in [5.41, 5.74) is 1.89. The van der Waals surface area contributed by atoms with Crippen LogP contribution < -0.4 is 0 Å². The maximum absolute atomic E-state index is 9.55. The van der Waals surface area contributed by atoms with Crippen molar-refractivity contribution in [1.82, 2.24) is 0 Å². The first-order valence-corrected chi connectivity index (χ1v) is 4.76. The van der Waals surface area contributed by atoms with Crippen molar-refractivity contribution < 1.29 is 10.2 Å². The summed E-state index contributed by atoms with van der Waals surface area (Å²) in [5.74, 6) is 0. The Morgan fingerprint density at radius 1 is 1.29 bits per heavy atom. The monoisotopic (exact) mass is 192 g/mol. The Morgan fingerprint density at radius 2 is 1.93 bits per heavy atom. The van der Waals surface area contributed by atoms with Gasteiger partial charge in [0, 0.05) is 6.42 Å². The van der Waals surface area contributed by atoms with E-state index in [9.17, 15) is 5.11 Å². The largest absolute Gasteiger partial charge is 0.392 e. The van der Waals surface area contributed by atoms with Crippen LogP contribution in [-0.4, -0.2) is 16.3 Å². The molecular weight excluding hydrogens is 176 g/mol. The third-order valence-corrected chi connectivity index (χ3v) is 2.13. The summed E-state index contributed by atoms with van der Waals surface area (Å²) in [6.07, 6.45) is 3.66. The van der Waals surface area contributed by atoms with E-state index in [1.54, 1.807) is 6.08 Å². The predicted molar refractivity (Wildman–Crippen MR) is 56.9 cm³/mol. The Balaban J connectivity index is 2.75. The van der Waals surface area contributed by atoms with E-state index in [4.69, 9.17) is 5.11 Å². The van der Waals surface area contributed by atoms with E-state index in [2.05, 4.69) is 0 Å². The van der Waals surface area contributed by atoms with Crippen molar-refractivity contribution in [2.75, 3.05) is 0 Å². The maximum atomic E-state index is 9.55. The lowest BCUT2D eigenvalue weighted by molar-refractivity contribution is 0.221. The van der Waals surface area contributed by atoms with Crippen LogP contribution in [0.25, 0.3) is 0 Å². The number of hydrogen-bond donors (Lipinski definition) is 2. The normalized spacial score (nSPS) is 13.4. The second-order valence-electron chi connectivity index (χ2n) is 3.22. The van der Waals surface area contributed by atoms with Crippen LogP contribution in [0.4, 0.5) is 0 Å². The Kier molecular flexibility index (Phi) is 4.36. The molecule has 76 valence electrons. The lowest BCUT2D eigenvalue weighted by Gasteiger charge is -2.09. The summed E-state index contributed by atoms with van der Waals surface area (Å²) in [7, 11) is 0. The SMILES string of the molecule is C/C=C/C(O)Cc1ccccc1CO. The average molecular weight is 192 g/mol. The van der Waals surface area contributed by atoms with Gasteiger partial charge in [0.15, 0.2) is 0 Å². The minimum absolute atomic E-state index is 0.0265. The molecule has 0 saturated heterocycles. The molecule has 1 atom stereocenters. The molecule has 2 N–H and O–H groups in total. The fraction of sp³-hybridized carbons (Fsp3) is 0.333. The molecule has 0 aliphatic heterocycles. The predicted octanol–water partition coefficient (Wildman–Crippen LogP) is 1.66. The van der Waals surface area contributed by atoms with Gasteiger partial charge in [-0.25, -0.2) is 0 Å². The van der Waals surface area contributed by atoms with E-state index >= 15 is 0 Å². The third-order valence-electron chi connectivity index (χ3n) is 2.13. The summed E-state index contributed by atoms with van der Waals surface area (Å²) in [6.45, 7) is 1.90. The van der Waals surface area contributed by atoms with Gasteiger partial charge in [0.1, 0.15) is 0 Å². The molecule has 0 aromatic heterocycles. The maximum Gasteiger partial charge on any atom is 0.0761 e. The molecule has 0 bridgehead atoms. The minimum atomic E-state index is -0.465. The van der Waals surface area contributed by atoms with Gasteiger partial charge in [0.25, 0.3) is 0 Å². The number of aliphatic hydroxyl groups is 2. The van der Waals surface area contributed by atoms with E-state index in [-0.39, 0.29) is 6.61 Å². The first-order chi connectivity index (χ1) is 6.77. The van der Waals surface area contributed by atoms with Crippen LogP contribution in [0, 0.1) is 0 Å². The molecule has 0 heterocycles. The molecular formula is C12H16O2. The minimum Gasteiger partial charge on any atom is -0.392 e. The highest BCUT2D eigenvalue weighted by atomic mass is 16.3. The van der Waals surface area contributed by atoms with E-state index in [0.717, 1.165) is 11.1 Å². The van der Waals surface area contributed by atoms with Gasteiger partial charge < -0.3 is 10.2 Å². The highest BCUT2D eigenvalue weighted by molar-refractivity contribution is 5.27. The smallest absolute Gasteiger partial charge is 0.0761 e. The van der Waals surface area contributed by atoms with Crippen LogP contribution in [0.15, 0.2) is 36.4 Å². The van der Waals surface area contributed by atoms with Crippen molar-refractivity contribution in [1.29, 1.82) is 0 Å². The lowest BCUT2D eigenvalue weighted by Crippen LogP contribution is -2.08. The zero-order valence-corrected chi connectivity index (χ0v) is 8.35. The summed E-state index contributed by atoms with van der Waals surface area (Å²) < 4.78 is 0. The van der Waals surface area contributed by atoms with E-state index in [1.807, 2.05) is 37.3 Å². The standard InChI is InChI=1S/C12H16O2/c1-2-5-12(14)8-10-6-3-4-7-11(10)9-13/h2-7,12-14H,8-9H2,1H3/b5-2+. The number of benzene rings is 1. The summed E-state index contributed by atoms with van der Waals surface area (Å²) >= 11 is 0. The quantitative estimate of drug-likeness (QED) is 0.712. The highest BCUT2D eigenvalue weighted by Crippen LogP contribution is 2.11. The number of aliphatic hydroxyl groups excluding tert-OH is 2. The van der Waals surface area contributed by atoms with Gasteiger partial charge in [0.2, 0.25) is 0 Å². The van der Waals surface area contributed by atoms with Crippen LogP contribution in [0.1, 0.15) is 18.1 Å². The molecule has 2 heteroatoms. The molecule has 14 heavy (non-hydrogen) atoms. The first-order valence-electron chi connectivity index (χ1n) is 4.76. The Hall–Kier alpha value is -1.12. The first kappa shape index (κ1) is 11.0. The molecule has 0 radical (unpaired) electrons. The van der Waals surface area contributed by atoms with Gasteiger partial charge in [-0.15, -0.1) is 0 Å². The Morgan fingerprint density at radius 3 is 2.50 bits per heavy atom. The van der Waals surface area contributed by atoms with Gasteiger partial charge in [0.05, 0.1) is 12.7 Å². The molecule has 0 aliphatic rings. The summed E-state index contributed by atoms with van der Waals surface area (Å²) in [4.78, 5) is 0. The zero-order chi connectivity index (χ0) is 10.4. The van der Waals surface area contributed by atoms with E-state index in [1.165, 1.54) is 0 Å². The fourth-order valence-electron chi connectivity index (χ4n) is 1.43. The van der Waals surface area contributed by atoms with E-state index < -0.39 is 6.10 Å². The van der Waals surface area contributed by atoms with Crippen molar-refractivity contribution >= 4 is 0 Å². The lowest BCUT2D eigenvalue weighted by atomic mass is 10.0. The number of rotatable bonds is 4. The van der Waals surface area contributed by atoms with Crippen LogP contribution >= 0.6 is 0 Å². The van der Waals surface area contributed by atoms with Crippen molar-refractivity contribution in [3.63, 3.8) is 0 Å². The molecule has 1 unspecified atom stereocenters. The van der Waals surface area contributed by atoms with Crippen molar-refractivity contribution in [2.24, 2.45) is 0 Å². The van der Waals surface area contributed by atoms with Crippen LogP contribution in [-0.2, 0) is 13.0 Å². The molecule has 0 fully saturated rings. The van der Waals surface area contributed by atoms with Crippen molar-refractivity contribution in [3.05, 3.63) is 47.5 Å². The third kappa shape index (κ3) is 2.98. The van der Waals surface area contributed by atoms with Gasteiger partial charge in [-0.05, 0) is 18.1 Å². The fourth-order valence-corrected chi connectivity index (χ4v) is 1.43. The molecule has 0 saturated carbocycles. The molecule has 0 aliphatic carbocycles. The molecule has 0 spiro atoms. The summed E-state index contributed by atoms with van der Waals surface area (Å²) in [6, 6.07) is 7.60. The highest BCUT2D eigenvalue weighted by Gasteiger charge is 2.04.